The second kappa shape index (κ2) is 7.66. The van der Waals surface area contributed by atoms with Crippen molar-refractivity contribution in [1.82, 2.24) is 0 Å². The second-order valence-electron chi connectivity index (χ2n) is 11.9. The molecule has 6 fully saturated rings. The van der Waals surface area contributed by atoms with Crippen LogP contribution < -0.4 is 0 Å². The van der Waals surface area contributed by atoms with Gasteiger partial charge >= 0.3 is 11.9 Å². The number of hydrogen-bond donors (Lipinski definition) is 1. The number of carbonyl (C=O) groups excluding carboxylic acids is 2. The molecule has 2 saturated carbocycles. The minimum atomic E-state index is -1.06. The van der Waals surface area contributed by atoms with Gasteiger partial charge in [-0.25, -0.2) is 0 Å². The summed E-state index contributed by atoms with van der Waals surface area (Å²) < 4.78 is 36.6. The zero-order chi connectivity index (χ0) is 24.9. The highest BCUT2D eigenvalue weighted by Gasteiger charge is 2.86. The van der Waals surface area contributed by atoms with Crippen LogP contribution in [-0.2, 0) is 38.0 Å². The molecule has 1 unspecified atom stereocenters. The maximum absolute atomic E-state index is 12.9. The molecular weight excluding hydrogens is 456 g/mol. The SMILES string of the molecule is CC(=O)O[C@H]1C[C@@H](C)[C@](C)([C@@H]2C[C@H]3C=CO[C@H]3O2)[C@H]2C[C@H]3OC(OC(=O)C(C)C)[C@@]12[C@@]1(CO1)[C@H]3O. The summed E-state index contributed by atoms with van der Waals surface area (Å²) in [5.74, 6) is -1.02. The van der Waals surface area contributed by atoms with Crippen LogP contribution in [0.2, 0.25) is 0 Å². The molecule has 4 saturated heterocycles. The van der Waals surface area contributed by atoms with Crippen molar-refractivity contribution in [2.45, 2.75) is 96.5 Å². The van der Waals surface area contributed by atoms with E-state index in [-0.39, 0.29) is 41.5 Å². The molecular formula is C26H36O9. The van der Waals surface area contributed by atoms with E-state index >= 15 is 0 Å². The van der Waals surface area contributed by atoms with Gasteiger partial charge in [0, 0.05) is 18.3 Å². The fourth-order valence-corrected chi connectivity index (χ4v) is 8.06. The summed E-state index contributed by atoms with van der Waals surface area (Å²) >= 11 is 0. The van der Waals surface area contributed by atoms with Crippen molar-refractivity contribution in [1.29, 1.82) is 0 Å². The van der Waals surface area contributed by atoms with E-state index in [9.17, 15) is 14.7 Å². The third-order valence-electron chi connectivity index (χ3n) is 10.0. The van der Waals surface area contributed by atoms with E-state index < -0.39 is 47.6 Å². The van der Waals surface area contributed by atoms with Gasteiger partial charge in [-0.2, -0.15) is 0 Å². The summed E-state index contributed by atoms with van der Waals surface area (Å²) in [5, 5.41) is 11.4. The molecule has 0 aromatic heterocycles. The summed E-state index contributed by atoms with van der Waals surface area (Å²) in [6.45, 7) is 9.63. The van der Waals surface area contributed by atoms with E-state index in [1.54, 1.807) is 20.1 Å². The molecule has 0 aromatic rings. The van der Waals surface area contributed by atoms with Gasteiger partial charge in [0.25, 0.3) is 0 Å². The van der Waals surface area contributed by atoms with Crippen LogP contribution in [0.4, 0.5) is 0 Å². The third-order valence-corrected chi connectivity index (χ3v) is 10.0. The topological polar surface area (TPSA) is 113 Å². The summed E-state index contributed by atoms with van der Waals surface area (Å²) in [6, 6.07) is 0. The zero-order valence-corrected chi connectivity index (χ0v) is 21.0. The van der Waals surface area contributed by atoms with Gasteiger partial charge in [0.1, 0.15) is 23.2 Å². The molecule has 35 heavy (non-hydrogen) atoms. The number of fused-ring (bicyclic) bond motifs is 2. The molecule has 9 heteroatoms. The van der Waals surface area contributed by atoms with E-state index in [0.29, 0.717) is 19.4 Å². The highest BCUT2D eigenvalue weighted by atomic mass is 16.7. The Morgan fingerprint density at radius 3 is 2.51 bits per heavy atom. The van der Waals surface area contributed by atoms with Crippen LogP contribution in [0.25, 0.3) is 0 Å². The van der Waals surface area contributed by atoms with Gasteiger partial charge in [0.15, 0.2) is 0 Å². The predicted octanol–water partition coefficient (Wildman–Crippen LogP) is 2.30. The molecule has 5 aliphatic heterocycles. The van der Waals surface area contributed by atoms with Crippen molar-refractivity contribution < 1.29 is 43.1 Å². The van der Waals surface area contributed by atoms with Crippen molar-refractivity contribution in [2.24, 2.45) is 34.5 Å². The van der Waals surface area contributed by atoms with Crippen molar-refractivity contribution in [3.05, 3.63) is 12.3 Å². The highest BCUT2D eigenvalue weighted by Crippen LogP contribution is 2.74. The summed E-state index contributed by atoms with van der Waals surface area (Å²) in [7, 11) is 0. The molecule has 7 aliphatic rings. The normalized spacial score (nSPS) is 53.3. The van der Waals surface area contributed by atoms with Gasteiger partial charge in [0.2, 0.25) is 12.6 Å². The number of esters is 2. The first-order valence-electron chi connectivity index (χ1n) is 12.9. The van der Waals surface area contributed by atoms with Crippen molar-refractivity contribution in [3.8, 4) is 0 Å². The molecule has 0 amide bonds. The van der Waals surface area contributed by atoms with Crippen LogP contribution in [0.15, 0.2) is 12.3 Å². The quantitative estimate of drug-likeness (QED) is 0.466. The number of aliphatic hydroxyl groups excluding tert-OH is 1. The minimum absolute atomic E-state index is 0.115. The van der Waals surface area contributed by atoms with E-state index in [1.165, 1.54) is 6.92 Å². The lowest BCUT2D eigenvalue weighted by atomic mass is 9.40. The van der Waals surface area contributed by atoms with Crippen molar-refractivity contribution in [2.75, 3.05) is 6.61 Å². The molecule has 2 spiro atoms. The van der Waals surface area contributed by atoms with Crippen LogP contribution in [0, 0.1) is 34.5 Å². The molecule has 0 radical (unpaired) electrons. The van der Waals surface area contributed by atoms with Crippen LogP contribution >= 0.6 is 0 Å². The number of carbonyl (C=O) groups is 2. The van der Waals surface area contributed by atoms with E-state index in [4.69, 9.17) is 28.4 Å². The van der Waals surface area contributed by atoms with Crippen LogP contribution in [-0.4, -0.2) is 66.2 Å². The van der Waals surface area contributed by atoms with Gasteiger partial charge < -0.3 is 33.5 Å². The Morgan fingerprint density at radius 2 is 1.89 bits per heavy atom. The average Bonchev–Trinajstić information content (AvgIpc) is 3.28. The Hall–Kier alpha value is -1.68. The predicted molar refractivity (Wildman–Crippen MR) is 119 cm³/mol. The maximum atomic E-state index is 12.9. The highest BCUT2D eigenvalue weighted by molar-refractivity contribution is 5.72. The first-order chi connectivity index (χ1) is 16.6. The van der Waals surface area contributed by atoms with Gasteiger partial charge in [0.05, 0.1) is 31.0 Å². The molecule has 2 aliphatic carbocycles. The van der Waals surface area contributed by atoms with Gasteiger partial charge in [-0.3, -0.25) is 9.59 Å². The maximum Gasteiger partial charge on any atom is 0.310 e. The molecule has 5 heterocycles. The second-order valence-corrected chi connectivity index (χ2v) is 11.9. The van der Waals surface area contributed by atoms with E-state index in [1.807, 2.05) is 0 Å². The van der Waals surface area contributed by atoms with Crippen molar-refractivity contribution >= 4 is 11.9 Å². The fourth-order valence-electron chi connectivity index (χ4n) is 8.06. The number of rotatable bonds is 4. The van der Waals surface area contributed by atoms with Gasteiger partial charge in [-0.15, -0.1) is 0 Å². The molecule has 2 bridgehead atoms. The molecule has 0 aromatic carbocycles. The molecule has 194 valence electrons. The zero-order valence-electron chi connectivity index (χ0n) is 21.0. The smallest absolute Gasteiger partial charge is 0.310 e. The average molecular weight is 493 g/mol. The molecule has 9 nitrogen and oxygen atoms in total. The lowest BCUT2D eigenvalue weighted by Gasteiger charge is -2.69. The van der Waals surface area contributed by atoms with E-state index in [0.717, 1.165) is 6.42 Å². The number of aliphatic hydroxyl groups is 1. The largest absolute Gasteiger partial charge is 0.472 e. The molecule has 7 rings (SSSR count). The van der Waals surface area contributed by atoms with Gasteiger partial charge in [-0.1, -0.05) is 27.7 Å². The van der Waals surface area contributed by atoms with E-state index in [2.05, 4.69) is 19.9 Å². The molecule has 12 atom stereocenters. The third kappa shape index (κ3) is 2.95. The van der Waals surface area contributed by atoms with Crippen molar-refractivity contribution in [3.63, 3.8) is 0 Å². The van der Waals surface area contributed by atoms with Crippen LogP contribution in [0.5, 0.6) is 0 Å². The summed E-state index contributed by atoms with van der Waals surface area (Å²) in [6.07, 6.45) is 2.09. The summed E-state index contributed by atoms with van der Waals surface area (Å²) in [5.41, 5.74) is -2.45. The summed E-state index contributed by atoms with van der Waals surface area (Å²) in [4.78, 5) is 25.2. The Labute approximate surface area is 205 Å². The lowest BCUT2D eigenvalue weighted by molar-refractivity contribution is -0.396. The molecule has 1 N–H and O–H groups in total. The van der Waals surface area contributed by atoms with Gasteiger partial charge in [-0.05, 0) is 37.2 Å². The Balaban J connectivity index is 1.48. The number of epoxide rings is 1. The monoisotopic (exact) mass is 492 g/mol. The number of ether oxygens (including phenoxy) is 6. The minimum Gasteiger partial charge on any atom is -0.472 e. The Morgan fingerprint density at radius 1 is 1.14 bits per heavy atom. The number of hydrogen-bond acceptors (Lipinski definition) is 9. The first kappa shape index (κ1) is 23.7. The van der Waals surface area contributed by atoms with Crippen LogP contribution in [0.1, 0.15) is 53.9 Å². The standard InChI is InChI=1S/C26H36O9/c1-12(2)21(29)35-23-26-17(10-16(33-23)20(28)25(26)11-31-25)24(5,13(3)8-19(26)32-14(4)27)18-9-15-6-7-30-22(15)34-18/h6-7,12-13,15-20,22-23,28H,8-11H2,1-5H3/t13-,15-,16-,17-,18+,19+,20+,22+,23?,24+,25-,26+/m1/s1. The Bertz CT molecular complexity index is 943. The first-order valence-corrected chi connectivity index (χ1v) is 12.9. The fraction of sp³-hybridized carbons (Fsp3) is 0.846. The lowest BCUT2D eigenvalue weighted by Crippen LogP contribution is -2.80. The van der Waals surface area contributed by atoms with Crippen LogP contribution in [0.3, 0.4) is 0 Å². The Kier molecular flexibility index (Phi) is 5.19.